The second-order valence-electron chi connectivity index (χ2n) is 5.01. The van der Waals surface area contributed by atoms with E-state index in [1.807, 2.05) is 19.2 Å². The molecule has 2 rings (SSSR count). The summed E-state index contributed by atoms with van der Waals surface area (Å²) < 4.78 is 0. The molecule has 1 heterocycles. The Bertz CT molecular complexity index is 720. The largest absolute Gasteiger partial charge is 0.478 e. The van der Waals surface area contributed by atoms with Gasteiger partial charge in [-0.1, -0.05) is 19.1 Å². The van der Waals surface area contributed by atoms with E-state index in [-0.39, 0.29) is 17.5 Å². The second kappa shape index (κ2) is 7.69. The fraction of sp³-hybridized carbons (Fsp3) is 0.235. The van der Waals surface area contributed by atoms with Crippen molar-refractivity contribution in [1.29, 1.82) is 0 Å². The van der Waals surface area contributed by atoms with Gasteiger partial charge in [0, 0.05) is 11.5 Å². The normalized spacial score (nSPS) is 12.3. The van der Waals surface area contributed by atoms with Gasteiger partial charge in [-0.15, -0.1) is 11.3 Å². The molecule has 23 heavy (non-hydrogen) atoms. The minimum Gasteiger partial charge on any atom is -0.478 e. The summed E-state index contributed by atoms with van der Waals surface area (Å²) >= 11 is 1.59. The molecule has 5 nitrogen and oxygen atoms in total. The van der Waals surface area contributed by atoms with Gasteiger partial charge < -0.3 is 10.4 Å². The molecule has 1 atom stereocenters. The van der Waals surface area contributed by atoms with Crippen LogP contribution in [-0.4, -0.2) is 22.0 Å². The summed E-state index contributed by atoms with van der Waals surface area (Å²) in [5.41, 5.74) is 1.84. The van der Waals surface area contributed by atoms with Gasteiger partial charge >= 0.3 is 5.97 Å². The Labute approximate surface area is 138 Å². The number of hydrogen-bond acceptors (Lipinski definition) is 4. The average molecular weight is 330 g/mol. The topological polar surface area (TPSA) is 79.3 Å². The predicted octanol–water partition coefficient (Wildman–Crippen LogP) is 3.29. The highest BCUT2D eigenvalue weighted by Gasteiger charge is 2.11. The Morgan fingerprint density at radius 1 is 1.35 bits per heavy atom. The lowest BCUT2D eigenvalue weighted by Gasteiger charge is -2.09. The Hall–Kier alpha value is -2.47. The number of carbonyl (C=O) groups is 2. The van der Waals surface area contributed by atoms with E-state index in [0.29, 0.717) is 0 Å². The third kappa shape index (κ3) is 4.75. The van der Waals surface area contributed by atoms with Crippen molar-refractivity contribution >= 4 is 29.3 Å². The smallest absolute Gasteiger partial charge is 0.335 e. The maximum absolute atomic E-state index is 11.9. The summed E-state index contributed by atoms with van der Waals surface area (Å²) in [5, 5.41) is 14.7. The molecule has 0 fully saturated rings. The van der Waals surface area contributed by atoms with Gasteiger partial charge in [0.05, 0.1) is 22.3 Å². The third-order valence-electron chi connectivity index (χ3n) is 3.26. The van der Waals surface area contributed by atoms with Crippen molar-refractivity contribution in [3.8, 4) is 0 Å². The highest BCUT2D eigenvalue weighted by Crippen LogP contribution is 2.17. The number of amides is 1. The van der Waals surface area contributed by atoms with Crippen molar-refractivity contribution in [2.24, 2.45) is 0 Å². The summed E-state index contributed by atoms with van der Waals surface area (Å²) in [6, 6.07) is 6.17. The molecule has 0 aliphatic rings. The molecule has 1 aromatic carbocycles. The quantitative estimate of drug-likeness (QED) is 0.797. The van der Waals surface area contributed by atoms with Crippen LogP contribution < -0.4 is 5.32 Å². The van der Waals surface area contributed by atoms with Crippen LogP contribution in [0.4, 0.5) is 0 Å². The summed E-state index contributed by atoms with van der Waals surface area (Å²) in [6.45, 7) is 3.94. The maximum Gasteiger partial charge on any atom is 0.335 e. The summed E-state index contributed by atoms with van der Waals surface area (Å²) in [7, 11) is 0. The first-order chi connectivity index (χ1) is 11.0. The monoisotopic (exact) mass is 330 g/mol. The van der Waals surface area contributed by atoms with Gasteiger partial charge in [-0.3, -0.25) is 4.79 Å². The number of hydrogen-bond donors (Lipinski definition) is 2. The highest BCUT2D eigenvalue weighted by atomic mass is 32.1. The van der Waals surface area contributed by atoms with Crippen LogP contribution in [0, 0.1) is 0 Å². The first kappa shape index (κ1) is 16.9. The number of thiazole rings is 1. The number of carboxylic acid groups (broad SMARTS) is 1. The minimum atomic E-state index is -0.971. The highest BCUT2D eigenvalue weighted by molar-refractivity contribution is 7.09. The van der Waals surface area contributed by atoms with Gasteiger partial charge in [-0.05, 0) is 37.1 Å². The molecule has 120 valence electrons. The van der Waals surface area contributed by atoms with Crippen LogP contribution in [0.15, 0.2) is 35.7 Å². The Morgan fingerprint density at radius 2 is 2.04 bits per heavy atom. The van der Waals surface area contributed by atoms with Crippen molar-refractivity contribution in [3.63, 3.8) is 0 Å². The SMILES string of the molecule is CCc1nc(C(C)NC(=O)C=Cc2ccc(C(=O)O)cc2)cs1. The Balaban J connectivity index is 1.94. The van der Waals surface area contributed by atoms with Crippen LogP contribution in [0.3, 0.4) is 0 Å². The van der Waals surface area contributed by atoms with Gasteiger partial charge in [0.25, 0.3) is 0 Å². The van der Waals surface area contributed by atoms with Crippen molar-refractivity contribution in [1.82, 2.24) is 10.3 Å². The molecule has 0 saturated carbocycles. The second-order valence-corrected chi connectivity index (χ2v) is 5.95. The van der Waals surface area contributed by atoms with E-state index in [4.69, 9.17) is 5.11 Å². The zero-order valence-corrected chi connectivity index (χ0v) is 13.8. The van der Waals surface area contributed by atoms with E-state index in [2.05, 4.69) is 10.3 Å². The van der Waals surface area contributed by atoms with Crippen molar-refractivity contribution < 1.29 is 14.7 Å². The molecule has 6 heteroatoms. The molecule has 1 unspecified atom stereocenters. The van der Waals surface area contributed by atoms with Gasteiger partial charge in [0.15, 0.2) is 0 Å². The Kier molecular flexibility index (Phi) is 5.65. The first-order valence-electron chi connectivity index (χ1n) is 7.25. The number of carbonyl (C=O) groups excluding carboxylic acids is 1. The molecule has 2 aromatic rings. The zero-order valence-electron chi connectivity index (χ0n) is 12.9. The molecule has 0 saturated heterocycles. The lowest BCUT2D eigenvalue weighted by molar-refractivity contribution is -0.117. The third-order valence-corrected chi connectivity index (χ3v) is 4.27. The lowest BCUT2D eigenvalue weighted by atomic mass is 10.1. The molecule has 1 aromatic heterocycles. The lowest BCUT2D eigenvalue weighted by Crippen LogP contribution is -2.24. The molecule has 0 radical (unpaired) electrons. The van der Waals surface area contributed by atoms with Gasteiger partial charge in [0.2, 0.25) is 5.91 Å². The molecular weight excluding hydrogens is 312 g/mol. The van der Waals surface area contributed by atoms with Crippen molar-refractivity contribution in [2.75, 3.05) is 0 Å². The number of benzene rings is 1. The minimum absolute atomic E-state index is 0.155. The fourth-order valence-corrected chi connectivity index (χ4v) is 2.77. The van der Waals surface area contributed by atoms with Crippen LogP contribution in [-0.2, 0) is 11.2 Å². The molecule has 0 aliphatic heterocycles. The number of carboxylic acids is 1. The van der Waals surface area contributed by atoms with E-state index in [1.165, 1.54) is 18.2 Å². The zero-order chi connectivity index (χ0) is 16.8. The molecule has 0 aliphatic carbocycles. The number of aryl methyl sites for hydroxylation is 1. The molecule has 0 bridgehead atoms. The van der Waals surface area contributed by atoms with E-state index in [0.717, 1.165) is 22.7 Å². The number of aromatic carboxylic acids is 1. The van der Waals surface area contributed by atoms with Gasteiger partial charge in [-0.25, -0.2) is 9.78 Å². The molecule has 0 spiro atoms. The summed E-state index contributed by atoms with van der Waals surface area (Å²) in [5.74, 6) is -1.19. The number of aromatic nitrogens is 1. The van der Waals surface area contributed by atoms with Crippen LogP contribution >= 0.6 is 11.3 Å². The van der Waals surface area contributed by atoms with E-state index in [9.17, 15) is 9.59 Å². The van der Waals surface area contributed by atoms with Crippen molar-refractivity contribution in [2.45, 2.75) is 26.3 Å². The van der Waals surface area contributed by atoms with Crippen LogP contribution in [0.5, 0.6) is 0 Å². The maximum atomic E-state index is 11.9. The van der Waals surface area contributed by atoms with Gasteiger partial charge in [0.1, 0.15) is 0 Å². The average Bonchev–Trinajstić information content (AvgIpc) is 3.02. The number of rotatable bonds is 6. The molecule has 1 amide bonds. The summed E-state index contributed by atoms with van der Waals surface area (Å²) in [6.07, 6.45) is 3.96. The van der Waals surface area contributed by atoms with Gasteiger partial charge in [-0.2, -0.15) is 0 Å². The van der Waals surface area contributed by atoms with Crippen molar-refractivity contribution in [3.05, 3.63) is 57.6 Å². The van der Waals surface area contributed by atoms with E-state index < -0.39 is 5.97 Å². The van der Waals surface area contributed by atoms with Crippen LogP contribution in [0.1, 0.15) is 46.5 Å². The molecule has 2 N–H and O–H groups in total. The van der Waals surface area contributed by atoms with Crippen LogP contribution in [0.2, 0.25) is 0 Å². The molecular formula is C17H18N2O3S. The van der Waals surface area contributed by atoms with Crippen LogP contribution in [0.25, 0.3) is 6.08 Å². The summed E-state index contributed by atoms with van der Waals surface area (Å²) in [4.78, 5) is 27.2. The number of nitrogens with one attached hydrogen (secondary N) is 1. The standard InChI is InChI=1S/C17H18N2O3S/c1-3-16-19-14(10-23-16)11(2)18-15(20)9-6-12-4-7-13(8-5-12)17(21)22/h4-11H,3H2,1-2H3,(H,18,20)(H,21,22). The number of nitrogens with zero attached hydrogens (tertiary/aromatic N) is 1. The fourth-order valence-electron chi connectivity index (χ4n) is 1.93. The van der Waals surface area contributed by atoms with E-state index in [1.54, 1.807) is 29.5 Å². The Morgan fingerprint density at radius 3 is 2.61 bits per heavy atom. The predicted molar refractivity (Wildman–Crippen MR) is 90.5 cm³/mol. The van der Waals surface area contributed by atoms with E-state index >= 15 is 0 Å². The first-order valence-corrected chi connectivity index (χ1v) is 8.13.